The summed E-state index contributed by atoms with van der Waals surface area (Å²) in [5.74, 6) is 1.24. The van der Waals surface area contributed by atoms with Gasteiger partial charge in [-0.15, -0.1) is 0 Å². The van der Waals surface area contributed by atoms with E-state index in [1.54, 1.807) is 7.11 Å². The Hall–Kier alpha value is -1.19. The monoisotopic (exact) mass is 297 g/mol. The molecule has 0 unspecified atom stereocenters. The van der Waals surface area contributed by atoms with Gasteiger partial charge in [-0.3, -0.25) is 0 Å². The van der Waals surface area contributed by atoms with E-state index in [4.69, 9.17) is 21.1 Å². The lowest BCUT2D eigenvalue weighted by molar-refractivity contribution is 0.317. The number of benzene rings is 1. The normalized spacial score (nSPS) is 10.7. The van der Waals surface area contributed by atoms with E-state index in [2.05, 4.69) is 25.7 Å². The molecule has 0 radical (unpaired) electrons. The predicted molar refractivity (Wildman–Crippen MR) is 84.9 cm³/mol. The molecule has 0 saturated heterocycles. The minimum Gasteiger partial charge on any atom is -0.493 e. The third kappa shape index (κ3) is 5.06. The first-order valence-corrected chi connectivity index (χ1v) is 7.25. The van der Waals surface area contributed by atoms with Crippen LogP contribution in [0.5, 0.6) is 11.5 Å². The Morgan fingerprint density at radius 3 is 2.65 bits per heavy atom. The zero-order valence-corrected chi connectivity index (χ0v) is 13.5. The topological polar surface area (TPSA) is 30.5 Å². The van der Waals surface area contributed by atoms with E-state index in [9.17, 15) is 0 Å². The van der Waals surface area contributed by atoms with Gasteiger partial charge in [-0.05, 0) is 29.7 Å². The molecule has 1 rings (SSSR count). The molecule has 0 spiro atoms. The van der Waals surface area contributed by atoms with Crippen molar-refractivity contribution in [3.8, 4) is 11.5 Å². The predicted octanol–water partition coefficient (Wildman–Crippen LogP) is 4.19. The van der Waals surface area contributed by atoms with Crippen LogP contribution in [0.2, 0.25) is 5.02 Å². The second kappa shape index (κ2) is 8.18. The molecule has 112 valence electrons. The van der Waals surface area contributed by atoms with Crippen LogP contribution in [0.3, 0.4) is 0 Å². The third-order valence-electron chi connectivity index (χ3n) is 2.92. The Labute approximate surface area is 126 Å². The van der Waals surface area contributed by atoms with E-state index in [0.717, 1.165) is 24.1 Å². The number of ether oxygens (including phenoxy) is 2. The fourth-order valence-electron chi connectivity index (χ4n) is 1.61. The molecule has 0 aliphatic carbocycles. The van der Waals surface area contributed by atoms with Gasteiger partial charge in [-0.1, -0.05) is 39.0 Å². The van der Waals surface area contributed by atoms with Gasteiger partial charge in [0.15, 0.2) is 11.5 Å². The van der Waals surface area contributed by atoms with Gasteiger partial charge in [0.1, 0.15) is 6.61 Å². The van der Waals surface area contributed by atoms with E-state index in [-0.39, 0.29) is 0 Å². The van der Waals surface area contributed by atoms with Crippen molar-refractivity contribution in [1.82, 2.24) is 5.32 Å². The lowest BCUT2D eigenvalue weighted by atomic mass is 10.2. The van der Waals surface area contributed by atoms with Crippen molar-refractivity contribution in [3.05, 3.63) is 34.9 Å². The summed E-state index contributed by atoms with van der Waals surface area (Å²) in [6, 6.07) is 4.28. The largest absolute Gasteiger partial charge is 0.493 e. The molecule has 0 fully saturated rings. The van der Waals surface area contributed by atoms with Crippen LogP contribution in [0, 0.1) is 0 Å². The van der Waals surface area contributed by atoms with Gasteiger partial charge in [-0.2, -0.15) is 0 Å². The molecular weight excluding hydrogens is 274 g/mol. The molecule has 0 aromatic heterocycles. The zero-order chi connectivity index (χ0) is 15.1. The van der Waals surface area contributed by atoms with Gasteiger partial charge in [0.05, 0.1) is 12.1 Å². The van der Waals surface area contributed by atoms with Crippen LogP contribution < -0.4 is 14.8 Å². The maximum Gasteiger partial charge on any atom is 0.180 e. The van der Waals surface area contributed by atoms with Crippen molar-refractivity contribution >= 4 is 11.6 Å². The fraction of sp³-hybridized carbons (Fsp3) is 0.500. The minimum atomic E-state index is 0.420. The summed E-state index contributed by atoms with van der Waals surface area (Å²) in [5.41, 5.74) is 2.09. The lowest BCUT2D eigenvalue weighted by Crippen LogP contribution is -2.21. The average molecular weight is 298 g/mol. The second-order valence-corrected chi connectivity index (χ2v) is 5.44. The molecule has 0 amide bonds. The van der Waals surface area contributed by atoms with Crippen LogP contribution in [0.1, 0.15) is 32.8 Å². The van der Waals surface area contributed by atoms with Gasteiger partial charge in [-0.25, -0.2) is 0 Å². The summed E-state index contributed by atoms with van der Waals surface area (Å²) in [6.07, 6.45) is 0.885. The van der Waals surface area contributed by atoms with Gasteiger partial charge >= 0.3 is 0 Å². The average Bonchev–Trinajstić information content (AvgIpc) is 2.42. The molecule has 0 bridgehead atoms. The van der Waals surface area contributed by atoms with Gasteiger partial charge in [0, 0.05) is 12.6 Å². The molecule has 0 atom stereocenters. The first kappa shape index (κ1) is 16.9. The smallest absolute Gasteiger partial charge is 0.180 e. The van der Waals surface area contributed by atoms with E-state index >= 15 is 0 Å². The van der Waals surface area contributed by atoms with Gasteiger partial charge in [0.25, 0.3) is 0 Å². The van der Waals surface area contributed by atoms with Crippen LogP contribution >= 0.6 is 11.6 Å². The number of hydrogen-bond donors (Lipinski definition) is 1. The highest BCUT2D eigenvalue weighted by Gasteiger charge is 2.12. The van der Waals surface area contributed by atoms with E-state index in [0.29, 0.717) is 29.2 Å². The number of halogens is 1. The molecule has 1 N–H and O–H groups in total. The van der Waals surface area contributed by atoms with Crippen molar-refractivity contribution in [3.63, 3.8) is 0 Å². The zero-order valence-electron chi connectivity index (χ0n) is 12.8. The maximum atomic E-state index is 6.29. The molecule has 4 heteroatoms. The summed E-state index contributed by atoms with van der Waals surface area (Å²) in [5, 5.41) is 3.91. The first-order valence-electron chi connectivity index (χ1n) is 6.87. The highest BCUT2D eigenvalue weighted by molar-refractivity contribution is 6.32. The summed E-state index contributed by atoms with van der Waals surface area (Å²) in [6.45, 7) is 11.4. The molecular formula is C16H24ClNO2. The molecule has 20 heavy (non-hydrogen) atoms. The number of rotatable bonds is 8. The Balaban J connectivity index is 2.87. The lowest BCUT2D eigenvalue weighted by Gasteiger charge is -2.15. The van der Waals surface area contributed by atoms with Crippen LogP contribution in [0.25, 0.3) is 0 Å². The van der Waals surface area contributed by atoms with Crippen LogP contribution in [0.15, 0.2) is 24.3 Å². The molecule has 3 nitrogen and oxygen atoms in total. The van der Waals surface area contributed by atoms with Crippen molar-refractivity contribution in [2.75, 3.05) is 13.7 Å². The van der Waals surface area contributed by atoms with E-state index < -0.39 is 0 Å². The fourth-order valence-corrected chi connectivity index (χ4v) is 1.90. The van der Waals surface area contributed by atoms with Crippen LogP contribution in [0.4, 0.5) is 0 Å². The number of methoxy groups -OCH3 is 1. The molecule has 0 saturated carbocycles. The van der Waals surface area contributed by atoms with Crippen molar-refractivity contribution in [1.29, 1.82) is 0 Å². The van der Waals surface area contributed by atoms with E-state index in [1.807, 2.05) is 19.1 Å². The highest BCUT2D eigenvalue weighted by atomic mass is 35.5. The summed E-state index contributed by atoms with van der Waals surface area (Å²) < 4.78 is 11.1. The van der Waals surface area contributed by atoms with Crippen molar-refractivity contribution < 1.29 is 9.47 Å². The first-order chi connectivity index (χ1) is 9.47. The van der Waals surface area contributed by atoms with Crippen LogP contribution in [-0.2, 0) is 6.54 Å². The molecule has 1 aromatic carbocycles. The van der Waals surface area contributed by atoms with Crippen molar-refractivity contribution in [2.24, 2.45) is 0 Å². The molecule has 0 aliphatic rings. The molecule has 0 heterocycles. The second-order valence-electron chi connectivity index (χ2n) is 5.04. The Bertz CT molecular complexity index is 458. The number of nitrogens with one attached hydrogen (secondary N) is 1. The minimum absolute atomic E-state index is 0.420. The summed E-state index contributed by atoms with van der Waals surface area (Å²) in [4.78, 5) is 0. The highest BCUT2D eigenvalue weighted by Crippen LogP contribution is 2.36. The van der Waals surface area contributed by atoms with Crippen molar-refractivity contribution in [2.45, 2.75) is 39.8 Å². The van der Waals surface area contributed by atoms with Gasteiger partial charge in [0.2, 0.25) is 0 Å². The van der Waals surface area contributed by atoms with E-state index in [1.165, 1.54) is 0 Å². The van der Waals surface area contributed by atoms with Gasteiger partial charge < -0.3 is 14.8 Å². The van der Waals surface area contributed by atoms with Crippen LogP contribution in [-0.4, -0.2) is 19.8 Å². The SMILES string of the molecule is C=C(CC)COc1c(Cl)cc(CNC(C)C)cc1OC. The maximum absolute atomic E-state index is 6.29. The Morgan fingerprint density at radius 1 is 1.40 bits per heavy atom. The Kier molecular flexibility index (Phi) is 6.89. The summed E-state index contributed by atoms with van der Waals surface area (Å²) >= 11 is 6.29. The Morgan fingerprint density at radius 2 is 2.10 bits per heavy atom. The molecule has 1 aromatic rings. The quantitative estimate of drug-likeness (QED) is 0.730. The standard InChI is InChI=1S/C16H24ClNO2/c1-6-12(4)10-20-16-14(17)7-13(8-15(16)19-5)9-18-11(2)3/h7-8,11,18H,4,6,9-10H2,1-3,5H3. The number of hydrogen-bond acceptors (Lipinski definition) is 3. The summed E-state index contributed by atoms with van der Waals surface area (Å²) in [7, 11) is 1.62. The molecule has 0 aliphatic heterocycles. The third-order valence-corrected chi connectivity index (χ3v) is 3.21.